The quantitative estimate of drug-likeness (QED) is 0.633. The number of amides is 1. The number of carbonyl (C=O) groups excluding carboxylic acids is 1. The van der Waals surface area contributed by atoms with E-state index in [-0.39, 0.29) is 12.5 Å². The first-order valence-corrected chi connectivity index (χ1v) is 8.67. The van der Waals surface area contributed by atoms with Gasteiger partial charge in [-0.05, 0) is 19.1 Å². The maximum absolute atomic E-state index is 11.8. The van der Waals surface area contributed by atoms with Gasteiger partial charge < -0.3 is 24.8 Å². The molecule has 138 valence electrons. The van der Waals surface area contributed by atoms with Gasteiger partial charge in [-0.2, -0.15) is 0 Å². The Bertz CT molecular complexity index is 595. The Morgan fingerprint density at radius 2 is 2.00 bits per heavy atom. The molecule has 0 radical (unpaired) electrons. The topological polar surface area (TPSA) is 60.4 Å². The van der Waals surface area contributed by atoms with Crippen molar-refractivity contribution in [1.82, 2.24) is 15.1 Å². The minimum Gasteiger partial charge on any atom is -0.497 e. The number of ether oxygens (including phenoxy) is 1. The lowest BCUT2D eigenvalue weighted by molar-refractivity contribution is -0.127. The van der Waals surface area contributed by atoms with Crippen LogP contribution in [0.3, 0.4) is 0 Å². The third-order valence-corrected chi connectivity index (χ3v) is 4.20. The second-order valence-electron chi connectivity index (χ2n) is 6.13. The summed E-state index contributed by atoms with van der Waals surface area (Å²) in [4.78, 5) is 22.4. The van der Waals surface area contributed by atoms with Gasteiger partial charge in [0.1, 0.15) is 12.3 Å². The molecule has 1 aromatic rings. The van der Waals surface area contributed by atoms with Crippen LogP contribution in [0.1, 0.15) is 6.92 Å². The molecule has 1 N–H and O–H groups in total. The summed E-state index contributed by atoms with van der Waals surface area (Å²) in [6, 6.07) is 8.13. The van der Waals surface area contributed by atoms with Crippen LogP contribution in [0.5, 0.6) is 5.75 Å². The van der Waals surface area contributed by atoms with E-state index in [0.29, 0.717) is 0 Å². The Balaban J connectivity index is 1.98. The van der Waals surface area contributed by atoms with Crippen molar-refractivity contribution in [3.05, 3.63) is 24.3 Å². The van der Waals surface area contributed by atoms with Gasteiger partial charge in [-0.25, -0.2) is 4.99 Å². The molecule has 1 aromatic carbocycles. The first-order valence-electron chi connectivity index (χ1n) is 8.67. The fourth-order valence-electron chi connectivity index (χ4n) is 2.69. The van der Waals surface area contributed by atoms with E-state index < -0.39 is 0 Å². The number of likely N-dealkylation sites (N-methyl/N-ethyl adjacent to an activating group) is 1. The molecule has 0 saturated carbocycles. The summed E-state index contributed by atoms with van der Waals surface area (Å²) < 4.78 is 5.31. The number of anilines is 1. The minimum atomic E-state index is 0.00502. The van der Waals surface area contributed by atoms with Gasteiger partial charge in [-0.15, -0.1) is 0 Å². The number of benzene rings is 1. The van der Waals surface area contributed by atoms with Crippen molar-refractivity contribution in [3.8, 4) is 5.75 Å². The SMILES string of the molecule is CCNC(=NCC(=O)N(C)C)N1CCN(c2cccc(OC)c2)CC1. The molecule has 0 atom stereocenters. The Morgan fingerprint density at radius 1 is 1.28 bits per heavy atom. The van der Waals surface area contributed by atoms with Crippen LogP contribution in [-0.4, -0.2) is 82.1 Å². The Hall–Kier alpha value is -2.44. The van der Waals surface area contributed by atoms with Crippen LogP contribution < -0.4 is 15.0 Å². The van der Waals surface area contributed by atoms with Gasteiger partial charge in [-0.1, -0.05) is 6.07 Å². The summed E-state index contributed by atoms with van der Waals surface area (Å²) >= 11 is 0. The number of rotatable bonds is 5. The zero-order valence-corrected chi connectivity index (χ0v) is 15.7. The fourth-order valence-corrected chi connectivity index (χ4v) is 2.69. The van der Waals surface area contributed by atoms with Crippen molar-refractivity contribution in [3.63, 3.8) is 0 Å². The smallest absolute Gasteiger partial charge is 0.243 e. The van der Waals surface area contributed by atoms with Gasteiger partial charge in [0.15, 0.2) is 5.96 Å². The third-order valence-electron chi connectivity index (χ3n) is 4.20. The van der Waals surface area contributed by atoms with Gasteiger partial charge in [-0.3, -0.25) is 4.79 Å². The Labute approximate surface area is 150 Å². The van der Waals surface area contributed by atoms with Crippen LogP contribution in [0.15, 0.2) is 29.3 Å². The molecule has 0 spiro atoms. The predicted octanol–water partition coefficient (Wildman–Crippen LogP) is 0.871. The zero-order valence-electron chi connectivity index (χ0n) is 15.7. The van der Waals surface area contributed by atoms with E-state index in [9.17, 15) is 4.79 Å². The minimum absolute atomic E-state index is 0.00502. The van der Waals surface area contributed by atoms with Gasteiger partial charge in [0, 0.05) is 58.6 Å². The third kappa shape index (κ3) is 5.27. The van der Waals surface area contributed by atoms with Crippen LogP contribution in [0.2, 0.25) is 0 Å². The lowest BCUT2D eigenvalue weighted by Gasteiger charge is -2.37. The van der Waals surface area contributed by atoms with Gasteiger partial charge in [0.2, 0.25) is 5.91 Å². The lowest BCUT2D eigenvalue weighted by Crippen LogP contribution is -2.52. The summed E-state index contributed by atoms with van der Waals surface area (Å²) in [5.41, 5.74) is 1.17. The van der Waals surface area contributed by atoms with E-state index in [1.165, 1.54) is 5.69 Å². The van der Waals surface area contributed by atoms with Gasteiger partial charge >= 0.3 is 0 Å². The van der Waals surface area contributed by atoms with Crippen LogP contribution in [0.25, 0.3) is 0 Å². The highest BCUT2D eigenvalue weighted by Crippen LogP contribution is 2.22. The summed E-state index contributed by atoms with van der Waals surface area (Å²) in [6.07, 6.45) is 0. The second kappa shape index (κ2) is 9.15. The molecule has 2 rings (SSSR count). The monoisotopic (exact) mass is 347 g/mol. The van der Waals surface area contributed by atoms with Crippen LogP contribution in [0, 0.1) is 0 Å². The molecular formula is C18H29N5O2. The molecule has 0 aliphatic carbocycles. The number of carbonyl (C=O) groups is 1. The number of hydrogen-bond acceptors (Lipinski definition) is 4. The molecule has 0 unspecified atom stereocenters. The van der Waals surface area contributed by atoms with Crippen molar-refractivity contribution < 1.29 is 9.53 Å². The maximum Gasteiger partial charge on any atom is 0.243 e. The number of hydrogen-bond donors (Lipinski definition) is 1. The van der Waals surface area contributed by atoms with Crippen molar-refractivity contribution in [2.75, 3.05) is 65.4 Å². The van der Waals surface area contributed by atoms with Gasteiger partial charge in [0.05, 0.1) is 7.11 Å². The number of nitrogens with zero attached hydrogens (tertiary/aromatic N) is 4. The number of aliphatic imine (C=N–C) groups is 1. The van der Waals surface area contributed by atoms with E-state index in [2.05, 4.69) is 32.2 Å². The van der Waals surface area contributed by atoms with E-state index in [1.807, 2.05) is 19.1 Å². The summed E-state index contributed by atoms with van der Waals surface area (Å²) in [5.74, 6) is 1.69. The van der Waals surface area contributed by atoms with Crippen molar-refractivity contribution in [2.24, 2.45) is 4.99 Å². The summed E-state index contributed by atoms with van der Waals surface area (Å²) in [7, 11) is 5.18. The molecule has 1 aliphatic heterocycles. The first-order chi connectivity index (χ1) is 12.0. The average molecular weight is 347 g/mol. The molecule has 1 amide bonds. The molecule has 25 heavy (non-hydrogen) atoms. The molecule has 1 aliphatic rings. The number of guanidine groups is 1. The van der Waals surface area contributed by atoms with E-state index in [0.717, 1.165) is 44.4 Å². The number of nitrogens with one attached hydrogen (secondary N) is 1. The van der Waals surface area contributed by atoms with Crippen molar-refractivity contribution in [1.29, 1.82) is 0 Å². The van der Waals surface area contributed by atoms with Crippen LogP contribution in [-0.2, 0) is 4.79 Å². The number of piperazine rings is 1. The Morgan fingerprint density at radius 3 is 2.60 bits per heavy atom. The maximum atomic E-state index is 11.8. The van der Waals surface area contributed by atoms with E-state index >= 15 is 0 Å². The highest BCUT2D eigenvalue weighted by atomic mass is 16.5. The summed E-state index contributed by atoms with van der Waals surface area (Å²) in [6.45, 7) is 6.52. The molecule has 0 aromatic heterocycles. The molecule has 0 bridgehead atoms. The summed E-state index contributed by atoms with van der Waals surface area (Å²) in [5, 5.41) is 3.29. The number of methoxy groups -OCH3 is 1. The Kier molecular flexibility index (Phi) is 6.91. The molecule has 1 saturated heterocycles. The first kappa shape index (κ1) is 18.9. The standard InChI is InChI=1S/C18H29N5O2/c1-5-19-18(20-14-17(24)21(2)3)23-11-9-22(10-12-23)15-7-6-8-16(13-15)25-4/h6-8,13H,5,9-12,14H2,1-4H3,(H,19,20). The largest absolute Gasteiger partial charge is 0.497 e. The highest BCUT2D eigenvalue weighted by molar-refractivity contribution is 5.85. The van der Waals surface area contributed by atoms with Crippen LogP contribution in [0.4, 0.5) is 5.69 Å². The average Bonchev–Trinajstić information content (AvgIpc) is 2.65. The second-order valence-corrected chi connectivity index (χ2v) is 6.13. The lowest BCUT2D eigenvalue weighted by atomic mass is 10.2. The van der Waals surface area contributed by atoms with E-state index in [1.54, 1.807) is 26.1 Å². The normalized spacial score (nSPS) is 15.1. The zero-order chi connectivity index (χ0) is 18.2. The predicted molar refractivity (Wildman–Crippen MR) is 101 cm³/mol. The molecule has 7 nitrogen and oxygen atoms in total. The van der Waals surface area contributed by atoms with E-state index in [4.69, 9.17) is 4.74 Å². The molecule has 7 heteroatoms. The fraction of sp³-hybridized carbons (Fsp3) is 0.556. The van der Waals surface area contributed by atoms with Crippen molar-refractivity contribution >= 4 is 17.6 Å². The molecule has 1 heterocycles. The molecular weight excluding hydrogens is 318 g/mol. The highest BCUT2D eigenvalue weighted by Gasteiger charge is 2.20. The van der Waals surface area contributed by atoms with Gasteiger partial charge in [0.25, 0.3) is 0 Å². The van der Waals surface area contributed by atoms with Crippen LogP contribution >= 0.6 is 0 Å². The molecule has 1 fully saturated rings. The van der Waals surface area contributed by atoms with Crippen molar-refractivity contribution in [2.45, 2.75) is 6.92 Å².